The molecule has 90 valence electrons. The summed E-state index contributed by atoms with van der Waals surface area (Å²) in [6.45, 7) is 6.13. The zero-order valence-electron chi connectivity index (χ0n) is 9.86. The maximum Gasteiger partial charge on any atom is 0.307 e. The number of carbonyl (C=O) groups excluding carboxylic acids is 1. The van der Waals surface area contributed by atoms with Gasteiger partial charge in [0.25, 0.3) is 0 Å². The molecule has 0 atom stereocenters. The number of hydrogen-bond donors (Lipinski definition) is 0. The zero-order valence-corrected chi connectivity index (χ0v) is 10.7. The summed E-state index contributed by atoms with van der Waals surface area (Å²) >= 11 is 1.19. The third kappa shape index (κ3) is 3.81. The van der Waals surface area contributed by atoms with Crippen LogP contribution in [0.4, 0.5) is 0 Å². The molecule has 5 heteroatoms. The summed E-state index contributed by atoms with van der Waals surface area (Å²) in [4.78, 5) is 22.6. The summed E-state index contributed by atoms with van der Waals surface area (Å²) in [7, 11) is 0. The number of aryl methyl sites for hydroxylation is 1. The standard InChI is InChI=1S/C11H17NO3S/c1-8(2)15-10(13)5-4-6-12-9(3)7-16-11(12)14/h7-8H,4-6H2,1-3H3. The molecule has 0 unspecified atom stereocenters. The van der Waals surface area contributed by atoms with Crippen molar-refractivity contribution in [2.24, 2.45) is 0 Å². The molecule has 0 amide bonds. The van der Waals surface area contributed by atoms with Crippen LogP contribution < -0.4 is 4.87 Å². The first-order valence-electron chi connectivity index (χ1n) is 5.35. The van der Waals surface area contributed by atoms with E-state index in [9.17, 15) is 9.59 Å². The fourth-order valence-electron chi connectivity index (χ4n) is 1.38. The SMILES string of the molecule is Cc1csc(=O)n1CCCC(=O)OC(C)C. The van der Waals surface area contributed by atoms with Crippen LogP contribution in [-0.4, -0.2) is 16.6 Å². The van der Waals surface area contributed by atoms with Gasteiger partial charge in [-0.25, -0.2) is 0 Å². The van der Waals surface area contributed by atoms with E-state index in [1.807, 2.05) is 26.2 Å². The molecule has 1 aromatic rings. The zero-order chi connectivity index (χ0) is 12.1. The molecule has 1 aromatic heterocycles. The number of thiazole rings is 1. The number of carbonyl (C=O) groups is 1. The molecule has 0 aliphatic heterocycles. The third-order valence-corrected chi connectivity index (χ3v) is 2.99. The number of nitrogens with zero attached hydrogens (tertiary/aromatic N) is 1. The van der Waals surface area contributed by atoms with Gasteiger partial charge in [-0.05, 0) is 27.2 Å². The molecule has 0 radical (unpaired) electrons. The Balaban J connectivity index is 2.36. The van der Waals surface area contributed by atoms with Crippen LogP contribution in [0.2, 0.25) is 0 Å². The van der Waals surface area contributed by atoms with Crippen LogP contribution in [0.3, 0.4) is 0 Å². The highest BCUT2D eigenvalue weighted by Crippen LogP contribution is 2.03. The number of rotatable bonds is 5. The predicted molar refractivity (Wildman–Crippen MR) is 63.8 cm³/mol. The van der Waals surface area contributed by atoms with E-state index in [0.717, 1.165) is 5.69 Å². The van der Waals surface area contributed by atoms with Crippen LogP contribution in [0.5, 0.6) is 0 Å². The topological polar surface area (TPSA) is 48.3 Å². The van der Waals surface area contributed by atoms with Crippen LogP contribution in [0, 0.1) is 6.92 Å². The van der Waals surface area contributed by atoms with Crippen molar-refractivity contribution in [3.8, 4) is 0 Å². The van der Waals surface area contributed by atoms with Crippen molar-refractivity contribution in [2.75, 3.05) is 0 Å². The highest BCUT2D eigenvalue weighted by atomic mass is 32.1. The van der Waals surface area contributed by atoms with Crippen molar-refractivity contribution < 1.29 is 9.53 Å². The lowest BCUT2D eigenvalue weighted by Crippen LogP contribution is -2.16. The van der Waals surface area contributed by atoms with Crippen molar-refractivity contribution >= 4 is 17.3 Å². The minimum absolute atomic E-state index is 0.0368. The maximum atomic E-state index is 11.4. The molecule has 0 saturated carbocycles. The molecule has 4 nitrogen and oxygen atoms in total. The fourth-order valence-corrected chi connectivity index (χ4v) is 2.14. The average molecular weight is 243 g/mol. The van der Waals surface area contributed by atoms with Gasteiger partial charge in [-0.15, -0.1) is 0 Å². The molecule has 16 heavy (non-hydrogen) atoms. The Morgan fingerprint density at radius 1 is 1.56 bits per heavy atom. The van der Waals surface area contributed by atoms with Gasteiger partial charge in [-0.3, -0.25) is 9.59 Å². The molecule has 0 saturated heterocycles. The lowest BCUT2D eigenvalue weighted by molar-refractivity contribution is -0.147. The van der Waals surface area contributed by atoms with Crippen LogP contribution in [-0.2, 0) is 16.1 Å². The smallest absolute Gasteiger partial charge is 0.307 e. The lowest BCUT2D eigenvalue weighted by Gasteiger charge is -2.08. The Morgan fingerprint density at radius 2 is 2.25 bits per heavy atom. The first kappa shape index (κ1) is 13.0. The summed E-state index contributed by atoms with van der Waals surface area (Å²) < 4.78 is 6.69. The molecular formula is C11H17NO3S. The van der Waals surface area contributed by atoms with E-state index in [1.54, 1.807) is 4.57 Å². The van der Waals surface area contributed by atoms with Gasteiger partial charge in [0.2, 0.25) is 0 Å². The molecule has 0 aliphatic carbocycles. The highest BCUT2D eigenvalue weighted by Gasteiger charge is 2.07. The number of aromatic nitrogens is 1. The number of hydrogen-bond acceptors (Lipinski definition) is 4. The maximum absolute atomic E-state index is 11.4. The van der Waals surface area contributed by atoms with E-state index >= 15 is 0 Å². The minimum atomic E-state index is -0.198. The van der Waals surface area contributed by atoms with E-state index < -0.39 is 0 Å². The second kappa shape index (κ2) is 5.84. The average Bonchev–Trinajstić information content (AvgIpc) is 2.47. The van der Waals surface area contributed by atoms with Gasteiger partial charge in [0.1, 0.15) is 0 Å². The van der Waals surface area contributed by atoms with Crippen LogP contribution in [0.1, 0.15) is 32.4 Å². The second-order valence-corrected chi connectivity index (χ2v) is 4.76. The normalized spacial score (nSPS) is 10.8. The van der Waals surface area contributed by atoms with Gasteiger partial charge >= 0.3 is 10.8 Å². The Hall–Kier alpha value is -1.10. The first-order chi connectivity index (χ1) is 7.50. The molecular weight excluding hydrogens is 226 g/mol. The molecule has 1 rings (SSSR count). The highest BCUT2D eigenvalue weighted by molar-refractivity contribution is 7.07. The van der Waals surface area contributed by atoms with Gasteiger partial charge in [0, 0.05) is 24.0 Å². The summed E-state index contributed by atoms with van der Waals surface area (Å²) in [6, 6.07) is 0. The molecule has 0 bridgehead atoms. The van der Waals surface area contributed by atoms with E-state index in [4.69, 9.17) is 4.74 Å². The van der Waals surface area contributed by atoms with Gasteiger partial charge in [-0.1, -0.05) is 11.3 Å². The third-order valence-electron chi connectivity index (χ3n) is 2.11. The quantitative estimate of drug-likeness (QED) is 0.743. The largest absolute Gasteiger partial charge is 0.463 e. The van der Waals surface area contributed by atoms with E-state index in [1.165, 1.54) is 11.3 Å². The first-order valence-corrected chi connectivity index (χ1v) is 6.23. The van der Waals surface area contributed by atoms with Crippen molar-refractivity contribution in [3.05, 3.63) is 20.7 Å². The van der Waals surface area contributed by atoms with Crippen molar-refractivity contribution in [3.63, 3.8) is 0 Å². The second-order valence-electron chi connectivity index (χ2n) is 3.94. The molecule has 1 heterocycles. The monoisotopic (exact) mass is 243 g/mol. The summed E-state index contributed by atoms with van der Waals surface area (Å²) in [5.41, 5.74) is 0.951. The van der Waals surface area contributed by atoms with E-state index in [0.29, 0.717) is 19.4 Å². The molecule has 0 aliphatic rings. The van der Waals surface area contributed by atoms with Crippen molar-refractivity contribution in [2.45, 2.75) is 46.3 Å². The van der Waals surface area contributed by atoms with Crippen LogP contribution >= 0.6 is 11.3 Å². The van der Waals surface area contributed by atoms with Crippen molar-refractivity contribution in [1.82, 2.24) is 4.57 Å². The minimum Gasteiger partial charge on any atom is -0.463 e. The van der Waals surface area contributed by atoms with E-state index in [2.05, 4.69) is 0 Å². The molecule has 0 aromatic carbocycles. The summed E-state index contributed by atoms with van der Waals surface area (Å²) in [6.07, 6.45) is 0.932. The Labute approximate surface area is 98.9 Å². The van der Waals surface area contributed by atoms with Gasteiger partial charge in [-0.2, -0.15) is 0 Å². The number of ether oxygens (including phenoxy) is 1. The van der Waals surface area contributed by atoms with E-state index in [-0.39, 0.29) is 16.9 Å². The molecule has 0 N–H and O–H groups in total. The molecule has 0 spiro atoms. The Bertz CT molecular complexity index is 406. The Morgan fingerprint density at radius 3 is 2.75 bits per heavy atom. The predicted octanol–water partition coefficient (Wildman–Crippen LogP) is 1.95. The fraction of sp³-hybridized carbons (Fsp3) is 0.636. The van der Waals surface area contributed by atoms with Crippen LogP contribution in [0.25, 0.3) is 0 Å². The van der Waals surface area contributed by atoms with Gasteiger partial charge in [0.05, 0.1) is 6.10 Å². The van der Waals surface area contributed by atoms with Gasteiger partial charge < -0.3 is 9.30 Å². The lowest BCUT2D eigenvalue weighted by atomic mass is 10.3. The Kier molecular flexibility index (Phi) is 4.73. The van der Waals surface area contributed by atoms with Crippen LogP contribution in [0.15, 0.2) is 10.2 Å². The molecule has 0 fully saturated rings. The van der Waals surface area contributed by atoms with Gasteiger partial charge in [0.15, 0.2) is 0 Å². The number of esters is 1. The van der Waals surface area contributed by atoms with Crippen molar-refractivity contribution in [1.29, 1.82) is 0 Å². The summed E-state index contributed by atoms with van der Waals surface area (Å²) in [5, 5.41) is 1.83. The summed E-state index contributed by atoms with van der Waals surface area (Å²) in [5.74, 6) is -0.198.